The highest BCUT2D eigenvalue weighted by molar-refractivity contribution is 5.99. The van der Waals surface area contributed by atoms with Crippen LogP contribution in [-0.2, 0) is 14.3 Å². The molecule has 0 aromatic heterocycles. The van der Waals surface area contributed by atoms with Crippen molar-refractivity contribution in [2.24, 2.45) is 5.41 Å². The molecule has 0 aromatic carbocycles. The standard InChI is InChI=1S/C16H24O5/c17-10-12-6-2-3-7-13(12)11-21-15(20)16(14(18)19)8-4-1-5-9-16/h17H,1-11H2,(H,18,19). The first-order valence-electron chi connectivity index (χ1n) is 7.81. The number of aliphatic hydroxyl groups is 1. The maximum Gasteiger partial charge on any atom is 0.323 e. The van der Waals surface area contributed by atoms with Crippen LogP contribution >= 0.6 is 0 Å². The molecule has 0 aromatic rings. The molecule has 0 spiro atoms. The SMILES string of the molecule is O=C(O)C1(C(=O)OCC2=C(CO)CCCC2)CCCCC1. The monoisotopic (exact) mass is 296 g/mol. The first-order chi connectivity index (χ1) is 10.1. The smallest absolute Gasteiger partial charge is 0.323 e. The van der Waals surface area contributed by atoms with E-state index in [0.29, 0.717) is 12.8 Å². The molecule has 0 aliphatic heterocycles. The molecule has 2 rings (SSSR count). The Labute approximate surface area is 125 Å². The third kappa shape index (κ3) is 3.46. The van der Waals surface area contributed by atoms with Crippen LogP contribution in [-0.4, -0.2) is 35.4 Å². The first-order valence-corrected chi connectivity index (χ1v) is 7.81. The molecule has 118 valence electrons. The molecule has 0 radical (unpaired) electrons. The number of hydrogen-bond acceptors (Lipinski definition) is 4. The van der Waals surface area contributed by atoms with E-state index in [2.05, 4.69) is 0 Å². The molecule has 5 heteroatoms. The molecule has 1 saturated carbocycles. The van der Waals surface area contributed by atoms with Crippen molar-refractivity contribution in [3.05, 3.63) is 11.1 Å². The summed E-state index contributed by atoms with van der Waals surface area (Å²) in [7, 11) is 0. The van der Waals surface area contributed by atoms with Crippen molar-refractivity contribution in [2.45, 2.75) is 57.8 Å². The lowest BCUT2D eigenvalue weighted by Gasteiger charge is -2.31. The minimum Gasteiger partial charge on any atom is -0.480 e. The zero-order valence-corrected chi connectivity index (χ0v) is 12.4. The molecule has 0 saturated heterocycles. The zero-order chi connectivity index (χ0) is 15.3. The number of esters is 1. The highest BCUT2D eigenvalue weighted by Gasteiger charge is 2.48. The molecule has 1 fully saturated rings. The number of rotatable bonds is 5. The summed E-state index contributed by atoms with van der Waals surface area (Å²) < 4.78 is 5.33. The van der Waals surface area contributed by atoms with Crippen LogP contribution < -0.4 is 0 Å². The van der Waals surface area contributed by atoms with Gasteiger partial charge in [0.05, 0.1) is 6.61 Å². The van der Waals surface area contributed by atoms with E-state index in [0.717, 1.165) is 56.1 Å². The fourth-order valence-corrected chi connectivity index (χ4v) is 3.35. The molecule has 2 aliphatic carbocycles. The quantitative estimate of drug-likeness (QED) is 0.462. The summed E-state index contributed by atoms with van der Waals surface area (Å²) in [6.07, 6.45) is 6.96. The van der Waals surface area contributed by atoms with Crippen LogP contribution in [0.3, 0.4) is 0 Å². The Hall–Kier alpha value is -1.36. The van der Waals surface area contributed by atoms with Crippen molar-refractivity contribution in [1.29, 1.82) is 0 Å². The fourth-order valence-electron chi connectivity index (χ4n) is 3.35. The highest BCUT2D eigenvalue weighted by Crippen LogP contribution is 2.38. The van der Waals surface area contributed by atoms with Crippen molar-refractivity contribution in [3.63, 3.8) is 0 Å². The Morgan fingerprint density at radius 3 is 2.19 bits per heavy atom. The zero-order valence-electron chi connectivity index (χ0n) is 12.4. The molecular formula is C16H24O5. The summed E-state index contributed by atoms with van der Waals surface area (Å²) >= 11 is 0. The second-order valence-electron chi connectivity index (χ2n) is 6.10. The van der Waals surface area contributed by atoms with Gasteiger partial charge in [-0.05, 0) is 49.7 Å². The molecule has 0 atom stereocenters. The molecular weight excluding hydrogens is 272 g/mol. The molecule has 2 N–H and O–H groups in total. The van der Waals surface area contributed by atoms with E-state index in [9.17, 15) is 19.8 Å². The number of aliphatic carboxylic acids is 1. The lowest BCUT2D eigenvalue weighted by molar-refractivity contribution is -0.171. The van der Waals surface area contributed by atoms with Gasteiger partial charge in [-0.1, -0.05) is 19.3 Å². The van der Waals surface area contributed by atoms with E-state index in [4.69, 9.17) is 4.74 Å². The Kier molecular flexibility index (Phi) is 5.39. The normalized spacial score (nSPS) is 22.0. The van der Waals surface area contributed by atoms with Crippen molar-refractivity contribution < 1.29 is 24.5 Å². The van der Waals surface area contributed by atoms with Crippen LogP contribution in [0, 0.1) is 5.41 Å². The maximum atomic E-state index is 12.3. The van der Waals surface area contributed by atoms with Gasteiger partial charge in [0.15, 0.2) is 5.41 Å². The van der Waals surface area contributed by atoms with E-state index in [1.807, 2.05) is 0 Å². The number of ether oxygens (including phenoxy) is 1. The third-order valence-electron chi connectivity index (χ3n) is 4.78. The van der Waals surface area contributed by atoms with Gasteiger partial charge >= 0.3 is 11.9 Å². The molecule has 5 nitrogen and oxygen atoms in total. The van der Waals surface area contributed by atoms with Crippen molar-refractivity contribution in [2.75, 3.05) is 13.2 Å². The summed E-state index contributed by atoms with van der Waals surface area (Å²) in [6.45, 7) is 0.126. The summed E-state index contributed by atoms with van der Waals surface area (Å²) in [6, 6.07) is 0. The lowest BCUT2D eigenvalue weighted by atomic mass is 9.74. The van der Waals surface area contributed by atoms with Crippen molar-refractivity contribution in [3.8, 4) is 0 Å². The average Bonchev–Trinajstić information content (AvgIpc) is 2.53. The number of carboxylic acid groups (broad SMARTS) is 1. The summed E-state index contributed by atoms with van der Waals surface area (Å²) in [4.78, 5) is 23.8. The van der Waals surface area contributed by atoms with Gasteiger partial charge in [0, 0.05) is 0 Å². The van der Waals surface area contributed by atoms with E-state index in [1.165, 1.54) is 0 Å². The number of carbonyl (C=O) groups excluding carboxylic acids is 1. The van der Waals surface area contributed by atoms with Gasteiger partial charge in [-0.25, -0.2) is 0 Å². The first kappa shape index (κ1) is 16.0. The molecule has 0 heterocycles. The number of hydrogen-bond donors (Lipinski definition) is 2. The largest absolute Gasteiger partial charge is 0.480 e. The topological polar surface area (TPSA) is 83.8 Å². The highest BCUT2D eigenvalue weighted by atomic mass is 16.5. The molecule has 0 unspecified atom stereocenters. The average molecular weight is 296 g/mol. The predicted octanol–water partition coefficient (Wildman–Crippen LogP) is 2.43. The Balaban J connectivity index is 2.02. The van der Waals surface area contributed by atoms with Crippen LogP contribution in [0.15, 0.2) is 11.1 Å². The van der Waals surface area contributed by atoms with Crippen LogP contribution in [0.1, 0.15) is 57.8 Å². The van der Waals surface area contributed by atoms with Gasteiger partial charge in [-0.2, -0.15) is 0 Å². The predicted molar refractivity (Wildman–Crippen MR) is 76.7 cm³/mol. The van der Waals surface area contributed by atoms with E-state index in [-0.39, 0.29) is 13.2 Å². The Bertz CT molecular complexity index is 432. The molecule has 2 aliphatic rings. The maximum absolute atomic E-state index is 12.3. The van der Waals surface area contributed by atoms with Gasteiger partial charge in [-0.15, -0.1) is 0 Å². The molecule has 0 bridgehead atoms. The van der Waals surface area contributed by atoms with Crippen LogP contribution in [0.25, 0.3) is 0 Å². The third-order valence-corrected chi connectivity index (χ3v) is 4.78. The van der Waals surface area contributed by atoms with E-state index < -0.39 is 17.4 Å². The molecule has 0 amide bonds. The summed E-state index contributed by atoms with van der Waals surface area (Å²) in [5, 5.41) is 18.8. The Morgan fingerprint density at radius 1 is 1.00 bits per heavy atom. The second-order valence-corrected chi connectivity index (χ2v) is 6.10. The van der Waals surface area contributed by atoms with Gasteiger partial charge in [0.1, 0.15) is 6.61 Å². The van der Waals surface area contributed by atoms with Gasteiger partial charge in [0.25, 0.3) is 0 Å². The van der Waals surface area contributed by atoms with Gasteiger partial charge in [0.2, 0.25) is 0 Å². The van der Waals surface area contributed by atoms with Gasteiger partial charge < -0.3 is 14.9 Å². The number of carbonyl (C=O) groups is 2. The molecule has 21 heavy (non-hydrogen) atoms. The van der Waals surface area contributed by atoms with Crippen molar-refractivity contribution in [1.82, 2.24) is 0 Å². The summed E-state index contributed by atoms with van der Waals surface area (Å²) in [5.41, 5.74) is 0.558. The van der Waals surface area contributed by atoms with Gasteiger partial charge in [-0.3, -0.25) is 9.59 Å². The number of aliphatic hydroxyl groups excluding tert-OH is 1. The van der Waals surface area contributed by atoms with E-state index >= 15 is 0 Å². The van der Waals surface area contributed by atoms with Crippen LogP contribution in [0.4, 0.5) is 0 Å². The Morgan fingerprint density at radius 2 is 1.62 bits per heavy atom. The summed E-state index contributed by atoms with van der Waals surface area (Å²) in [5.74, 6) is -1.67. The lowest BCUT2D eigenvalue weighted by Crippen LogP contribution is -2.42. The minimum atomic E-state index is -1.35. The minimum absolute atomic E-state index is 0.00302. The van der Waals surface area contributed by atoms with E-state index in [1.54, 1.807) is 0 Å². The fraction of sp³-hybridized carbons (Fsp3) is 0.750. The van der Waals surface area contributed by atoms with Crippen LogP contribution in [0.5, 0.6) is 0 Å². The second kappa shape index (κ2) is 7.07. The van der Waals surface area contributed by atoms with Crippen LogP contribution in [0.2, 0.25) is 0 Å². The van der Waals surface area contributed by atoms with Crippen molar-refractivity contribution >= 4 is 11.9 Å². The number of carboxylic acids is 1.